The highest BCUT2D eigenvalue weighted by molar-refractivity contribution is 7.47. The number of unbranched alkanes of at least 4 members (excludes halogenated alkanes) is 33. The van der Waals surface area contributed by atoms with Crippen molar-refractivity contribution >= 4 is 33.6 Å². The van der Waals surface area contributed by atoms with Crippen LogP contribution in [0.4, 0.5) is 0 Å². The van der Waals surface area contributed by atoms with Crippen LogP contribution in [-0.4, -0.2) is 95.9 Å². The Morgan fingerprint density at radius 3 is 0.987 bits per heavy atom. The third-order valence-electron chi connectivity index (χ3n) is 13.0. The van der Waals surface area contributed by atoms with Gasteiger partial charge in [0, 0.05) is 19.3 Å². The molecule has 0 spiro atoms. The Kier molecular flexibility index (Phi) is 51.8. The standard InChI is InChI=1S/C57H110O16P2/c1-4-7-10-13-16-19-22-24-25-27-30-31-34-37-40-43-55(60)67-46-52(58)47-69-74(63,64)70-48-53(59)49-71-75(65,66)72-51-54(73-57(62)45-42-39-36-33-28-21-18-15-12-9-6-3)50-68-56(61)44-41-38-35-32-29-26-23-20-17-14-11-8-5-2/h20,23,52-54,58-59H,4-19,21-22,24-51H2,1-3H3,(H,63,64)(H,65,66)/b23-20-. The molecule has 0 aromatic heterocycles. The van der Waals surface area contributed by atoms with Crippen LogP contribution in [0.5, 0.6) is 0 Å². The number of hydrogen-bond acceptors (Lipinski definition) is 14. The lowest BCUT2D eigenvalue weighted by Gasteiger charge is -2.21. The van der Waals surface area contributed by atoms with E-state index in [-0.39, 0.29) is 19.3 Å². The maximum absolute atomic E-state index is 12.8. The highest BCUT2D eigenvalue weighted by Crippen LogP contribution is 2.45. The topological polar surface area (TPSA) is 231 Å². The van der Waals surface area contributed by atoms with Crippen LogP contribution in [0.2, 0.25) is 0 Å². The van der Waals surface area contributed by atoms with Crippen molar-refractivity contribution in [2.75, 3.05) is 39.6 Å². The lowest BCUT2D eigenvalue weighted by atomic mass is 10.0. The quantitative estimate of drug-likeness (QED) is 0.0146. The normalized spacial score (nSPS) is 14.6. The molecular weight excluding hydrogens is 1000 g/mol. The van der Waals surface area contributed by atoms with Crippen LogP contribution in [0.15, 0.2) is 12.2 Å². The van der Waals surface area contributed by atoms with Crippen molar-refractivity contribution in [2.45, 2.75) is 296 Å². The molecule has 0 saturated heterocycles. The van der Waals surface area contributed by atoms with Gasteiger partial charge in [-0.25, -0.2) is 9.13 Å². The zero-order valence-electron chi connectivity index (χ0n) is 47.5. The van der Waals surface area contributed by atoms with Crippen molar-refractivity contribution in [2.24, 2.45) is 0 Å². The molecule has 0 rings (SSSR count). The first-order valence-electron chi connectivity index (χ1n) is 30.0. The smallest absolute Gasteiger partial charge is 0.463 e. The average molecular weight is 1110 g/mol. The highest BCUT2D eigenvalue weighted by Gasteiger charge is 2.29. The number of ether oxygens (including phenoxy) is 3. The van der Waals surface area contributed by atoms with Crippen molar-refractivity contribution in [3.63, 3.8) is 0 Å². The number of rotatable bonds is 58. The van der Waals surface area contributed by atoms with Crippen LogP contribution in [0.1, 0.15) is 278 Å². The molecule has 18 heteroatoms. The molecule has 4 N–H and O–H groups in total. The van der Waals surface area contributed by atoms with Crippen molar-refractivity contribution in [3.8, 4) is 0 Å². The predicted molar refractivity (Wildman–Crippen MR) is 298 cm³/mol. The third-order valence-corrected chi connectivity index (χ3v) is 14.9. The second-order valence-corrected chi connectivity index (χ2v) is 23.4. The molecule has 0 aromatic rings. The molecule has 0 saturated carbocycles. The van der Waals surface area contributed by atoms with E-state index in [2.05, 4.69) is 32.9 Å². The van der Waals surface area contributed by atoms with E-state index in [4.69, 9.17) is 32.3 Å². The average Bonchev–Trinajstić information content (AvgIpc) is 3.38. The maximum atomic E-state index is 12.8. The monoisotopic (exact) mass is 1110 g/mol. The van der Waals surface area contributed by atoms with E-state index >= 15 is 0 Å². The van der Waals surface area contributed by atoms with Gasteiger partial charge in [0.05, 0.1) is 26.4 Å². The molecule has 0 radical (unpaired) electrons. The summed E-state index contributed by atoms with van der Waals surface area (Å²) in [6, 6.07) is 0. The van der Waals surface area contributed by atoms with Crippen LogP contribution in [-0.2, 0) is 55.8 Å². The third kappa shape index (κ3) is 54.0. The molecular formula is C57H110O16P2. The van der Waals surface area contributed by atoms with Gasteiger partial charge in [-0.05, 0) is 44.9 Å². The summed E-state index contributed by atoms with van der Waals surface area (Å²) in [6.45, 7) is 2.66. The lowest BCUT2D eigenvalue weighted by Crippen LogP contribution is -2.30. The number of allylic oxidation sites excluding steroid dienone is 2. The van der Waals surface area contributed by atoms with Gasteiger partial charge in [0.25, 0.3) is 0 Å². The van der Waals surface area contributed by atoms with E-state index in [0.717, 1.165) is 83.5 Å². The Balaban J connectivity index is 4.61. The summed E-state index contributed by atoms with van der Waals surface area (Å²) in [6.07, 6.45) is 42.9. The summed E-state index contributed by atoms with van der Waals surface area (Å²) in [7, 11) is -9.73. The fraction of sp³-hybridized carbons (Fsp3) is 0.912. The molecule has 444 valence electrons. The molecule has 0 aliphatic heterocycles. The Labute approximate surface area is 455 Å². The van der Waals surface area contributed by atoms with E-state index in [1.807, 2.05) is 0 Å². The highest BCUT2D eigenvalue weighted by atomic mass is 31.2. The second-order valence-electron chi connectivity index (χ2n) is 20.5. The van der Waals surface area contributed by atoms with Gasteiger partial charge < -0.3 is 34.2 Å². The van der Waals surface area contributed by atoms with Crippen LogP contribution < -0.4 is 0 Å². The van der Waals surface area contributed by atoms with Gasteiger partial charge in [0.2, 0.25) is 0 Å². The van der Waals surface area contributed by atoms with E-state index in [1.54, 1.807) is 0 Å². The summed E-state index contributed by atoms with van der Waals surface area (Å²) < 4.78 is 60.5. The number of aliphatic hydroxyl groups is 2. The van der Waals surface area contributed by atoms with Crippen LogP contribution >= 0.6 is 15.6 Å². The van der Waals surface area contributed by atoms with E-state index in [9.17, 15) is 43.5 Å². The second kappa shape index (κ2) is 53.0. The van der Waals surface area contributed by atoms with Gasteiger partial charge in [0.15, 0.2) is 6.10 Å². The van der Waals surface area contributed by atoms with Crippen molar-refractivity contribution in [1.82, 2.24) is 0 Å². The zero-order valence-corrected chi connectivity index (χ0v) is 49.3. The number of phosphoric ester groups is 2. The number of esters is 3. The maximum Gasteiger partial charge on any atom is 0.472 e. The van der Waals surface area contributed by atoms with Gasteiger partial charge >= 0.3 is 33.6 Å². The Morgan fingerprint density at radius 2 is 0.627 bits per heavy atom. The number of carbonyl (C=O) groups is 3. The molecule has 0 aliphatic rings. The first-order valence-corrected chi connectivity index (χ1v) is 33.0. The first kappa shape index (κ1) is 73.3. The Morgan fingerprint density at radius 1 is 0.360 bits per heavy atom. The van der Waals surface area contributed by atoms with E-state index in [0.29, 0.717) is 19.3 Å². The van der Waals surface area contributed by atoms with E-state index < -0.39 is 91.5 Å². The van der Waals surface area contributed by atoms with Gasteiger partial charge in [-0.1, -0.05) is 226 Å². The van der Waals surface area contributed by atoms with Gasteiger partial charge in [-0.15, -0.1) is 0 Å². The van der Waals surface area contributed by atoms with Gasteiger partial charge in [0.1, 0.15) is 25.4 Å². The minimum atomic E-state index is -4.90. The number of carbonyl (C=O) groups excluding carboxylic acids is 3. The fourth-order valence-electron chi connectivity index (χ4n) is 8.33. The molecule has 0 bridgehead atoms. The number of phosphoric acid groups is 2. The summed E-state index contributed by atoms with van der Waals surface area (Å²) in [5, 5.41) is 20.4. The Hall–Kier alpha value is -1.71. The van der Waals surface area contributed by atoms with Crippen molar-refractivity contribution < 1.29 is 75.8 Å². The SMILES string of the molecule is CCCCCC/C=C\CCCCCCCC(=O)OCC(COP(=O)(O)OCC(O)COP(=O)(O)OCC(O)COC(=O)CCCCCCCCCCCCCCCCC)OC(=O)CCCCCCCCCCCCC. The van der Waals surface area contributed by atoms with Crippen molar-refractivity contribution in [1.29, 1.82) is 0 Å². The molecule has 0 aliphatic carbocycles. The molecule has 0 fully saturated rings. The summed E-state index contributed by atoms with van der Waals surface area (Å²) in [4.78, 5) is 57.9. The molecule has 75 heavy (non-hydrogen) atoms. The zero-order chi connectivity index (χ0) is 55.4. The molecule has 5 unspecified atom stereocenters. The predicted octanol–water partition coefficient (Wildman–Crippen LogP) is 15.2. The summed E-state index contributed by atoms with van der Waals surface area (Å²) in [5.41, 5.74) is 0. The number of aliphatic hydroxyl groups excluding tert-OH is 2. The first-order chi connectivity index (χ1) is 36.2. The van der Waals surface area contributed by atoms with Crippen LogP contribution in [0.3, 0.4) is 0 Å². The minimum absolute atomic E-state index is 0.111. The lowest BCUT2D eigenvalue weighted by molar-refractivity contribution is -0.161. The largest absolute Gasteiger partial charge is 0.472 e. The van der Waals surface area contributed by atoms with Crippen LogP contribution in [0, 0.1) is 0 Å². The summed E-state index contributed by atoms with van der Waals surface area (Å²) >= 11 is 0. The van der Waals surface area contributed by atoms with Gasteiger partial charge in [-0.2, -0.15) is 0 Å². The van der Waals surface area contributed by atoms with Gasteiger partial charge in [-0.3, -0.25) is 32.5 Å². The Bertz CT molecular complexity index is 1450. The molecule has 0 amide bonds. The van der Waals surface area contributed by atoms with Crippen molar-refractivity contribution in [3.05, 3.63) is 12.2 Å². The number of hydrogen-bond donors (Lipinski definition) is 4. The minimum Gasteiger partial charge on any atom is -0.463 e. The van der Waals surface area contributed by atoms with E-state index in [1.165, 1.54) is 135 Å². The molecule has 16 nitrogen and oxygen atoms in total. The molecule has 0 heterocycles. The fourth-order valence-corrected chi connectivity index (χ4v) is 9.91. The van der Waals surface area contributed by atoms with Crippen LogP contribution in [0.25, 0.3) is 0 Å². The molecule has 5 atom stereocenters. The summed E-state index contributed by atoms with van der Waals surface area (Å²) in [5.74, 6) is -1.56. The molecule has 0 aromatic carbocycles.